The second-order valence-corrected chi connectivity index (χ2v) is 6.78. The van der Waals surface area contributed by atoms with Crippen LogP contribution in [-0.4, -0.2) is 34.5 Å². The Balaban J connectivity index is 1.55. The predicted octanol–water partition coefficient (Wildman–Crippen LogP) is 2.73. The average molecular weight is 341 g/mol. The molecular formula is C19H23N3O3. The molecule has 1 saturated carbocycles. The van der Waals surface area contributed by atoms with Crippen LogP contribution in [0.5, 0.6) is 0 Å². The van der Waals surface area contributed by atoms with Gasteiger partial charge in [0.25, 0.3) is 5.91 Å². The summed E-state index contributed by atoms with van der Waals surface area (Å²) >= 11 is 0. The maximum Gasteiger partial charge on any atom is 0.338 e. The summed E-state index contributed by atoms with van der Waals surface area (Å²) in [5.41, 5.74) is 1.68. The molecule has 1 aromatic heterocycles. The highest BCUT2D eigenvalue weighted by Gasteiger charge is 2.28. The number of rotatable bonds is 4. The van der Waals surface area contributed by atoms with Crippen LogP contribution in [0.1, 0.15) is 43.5 Å². The van der Waals surface area contributed by atoms with Gasteiger partial charge in [-0.25, -0.2) is 4.79 Å². The van der Waals surface area contributed by atoms with Gasteiger partial charge in [-0.2, -0.15) is 0 Å². The van der Waals surface area contributed by atoms with Crippen LogP contribution in [0, 0.1) is 11.8 Å². The highest BCUT2D eigenvalue weighted by atomic mass is 16.5. The fourth-order valence-electron chi connectivity index (χ4n) is 3.34. The van der Waals surface area contributed by atoms with Crippen LogP contribution in [-0.2, 0) is 9.53 Å². The van der Waals surface area contributed by atoms with Crippen LogP contribution in [0.25, 0.3) is 11.0 Å². The number of hydrogen-bond donors (Lipinski definition) is 1. The van der Waals surface area contributed by atoms with Gasteiger partial charge < -0.3 is 10.1 Å². The van der Waals surface area contributed by atoms with Crippen LogP contribution in [0.3, 0.4) is 0 Å². The van der Waals surface area contributed by atoms with Crippen molar-refractivity contribution in [1.29, 1.82) is 0 Å². The number of amides is 1. The van der Waals surface area contributed by atoms with Gasteiger partial charge in [-0.1, -0.05) is 26.7 Å². The largest absolute Gasteiger partial charge is 0.452 e. The highest BCUT2D eigenvalue weighted by Crippen LogP contribution is 2.29. The van der Waals surface area contributed by atoms with Crippen LogP contribution >= 0.6 is 0 Å². The van der Waals surface area contributed by atoms with E-state index < -0.39 is 5.97 Å². The standard InChI is InChI=1S/C19H23N3O3/c1-12-4-3-5-15(13(12)2)22-18(23)11-25-19(24)14-6-7-16-17(10-14)21-9-8-20-16/h6-10,12-13,15H,3-5,11H2,1-2H3,(H,22,23)/t12-,13+,15+/m0/s1. The van der Waals surface area contributed by atoms with Crippen molar-refractivity contribution < 1.29 is 14.3 Å². The van der Waals surface area contributed by atoms with Gasteiger partial charge in [-0.3, -0.25) is 14.8 Å². The molecule has 0 saturated heterocycles. The first-order valence-corrected chi connectivity index (χ1v) is 8.72. The van der Waals surface area contributed by atoms with Crippen LogP contribution in [0.2, 0.25) is 0 Å². The Kier molecular flexibility index (Phi) is 5.26. The van der Waals surface area contributed by atoms with Crippen LogP contribution in [0.15, 0.2) is 30.6 Å². The average Bonchev–Trinajstić information content (AvgIpc) is 2.63. The summed E-state index contributed by atoms with van der Waals surface area (Å²) in [5.74, 6) is 0.250. The Morgan fingerprint density at radius 3 is 2.72 bits per heavy atom. The van der Waals surface area contributed by atoms with Crippen molar-refractivity contribution in [2.45, 2.75) is 39.2 Å². The summed E-state index contributed by atoms with van der Waals surface area (Å²) in [7, 11) is 0. The van der Waals surface area contributed by atoms with E-state index in [0.29, 0.717) is 28.4 Å². The van der Waals surface area contributed by atoms with Gasteiger partial charge in [0.15, 0.2) is 6.61 Å². The molecule has 0 bridgehead atoms. The second-order valence-electron chi connectivity index (χ2n) is 6.78. The van der Waals surface area contributed by atoms with Gasteiger partial charge in [0, 0.05) is 18.4 Å². The first-order chi connectivity index (χ1) is 12.0. The maximum absolute atomic E-state index is 12.2. The van der Waals surface area contributed by atoms with Crippen LogP contribution in [0.4, 0.5) is 0 Å². The van der Waals surface area contributed by atoms with E-state index in [0.717, 1.165) is 12.8 Å². The SMILES string of the molecule is C[C@@H]1[C@@H](C)CCC[C@H]1NC(=O)COC(=O)c1ccc2nccnc2c1. The Morgan fingerprint density at radius 1 is 1.16 bits per heavy atom. The van der Waals surface area contributed by atoms with Gasteiger partial charge in [-0.15, -0.1) is 0 Å². The molecule has 132 valence electrons. The summed E-state index contributed by atoms with van der Waals surface area (Å²) in [5, 5.41) is 3.00. The molecule has 0 spiro atoms. The number of nitrogens with zero attached hydrogens (tertiary/aromatic N) is 2. The molecule has 6 nitrogen and oxygen atoms in total. The quantitative estimate of drug-likeness (QED) is 0.865. The fraction of sp³-hybridized carbons (Fsp3) is 0.474. The molecule has 25 heavy (non-hydrogen) atoms. The number of aromatic nitrogens is 2. The molecule has 1 heterocycles. The zero-order valence-electron chi connectivity index (χ0n) is 14.6. The van der Waals surface area contributed by atoms with E-state index in [1.54, 1.807) is 30.6 Å². The number of fused-ring (bicyclic) bond motifs is 1. The molecule has 2 aromatic rings. The number of ether oxygens (including phenoxy) is 1. The summed E-state index contributed by atoms with van der Waals surface area (Å²) < 4.78 is 5.14. The molecule has 1 aliphatic rings. The molecule has 0 radical (unpaired) electrons. The van der Waals surface area contributed by atoms with Crippen molar-refractivity contribution in [2.24, 2.45) is 11.8 Å². The first kappa shape index (κ1) is 17.3. The second kappa shape index (κ2) is 7.59. The number of hydrogen-bond acceptors (Lipinski definition) is 5. The van der Waals surface area contributed by atoms with Crippen molar-refractivity contribution in [2.75, 3.05) is 6.61 Å². The van der Waals surface area contributed by atoms with Crippen LogP contribution < -0.4 is 5.32 Å². The minimum absolute atomic E-state index is 0.158. The smallest absolute Gasteiger partial charge is 0.338 e. The molecule has 3 atom stereocenters. The number of esters is 1. The Morgan fingerprint density at radius 2 is 1.92 bits per heavy atom. The van der Waals surface area contributed by atoms with Gasteiger partial charge in [0.05, 0.1) is 16.6 Å². The lowest BCUT2D eigenvalue weighted by Crippen LogP contribution is -2.45. The van der Waals surface area contributed by atoms with Crippen molar-refractivity contribution in [3.8, 4) is 0 Å². The number of carbonyl (C=O) groups excluding carboxylic acids is 2. The first-order valence-electron chi connectivity index (χ1n) is 8.72. The third-order valence-electron chi connectivity index (χ3n) is 5.09. The molecule has 3 rings (SSSR count). The van der Waals surface area contributed by atoms with Crippen molar-refractivity contribution in [1.82, 2.24) is 15.3 Å². The lowest BCUT2D eigenvalue weighted by molar-refractivity contribution is -0.125. The molecule has 1 amide bonds. The summed E-state index contributed by atoms with van der Waals surface area (Å²) in [6, 6.07) is 5.12. The third kappa shape index (κ3) is 4.13. The zero-order valence-corrected chi connectivity index (χ0v) is 14.6. The molecular weight excluding hydrogens is 318 g/mol. The van der Waals surface area contributed by atoms with Crippen molar-refractivity contribution in [3.05, 3.63) is 36.2 Å². The van der Waals surface area contributed by atoms with E-state index in [4.69, 9.17) is 4.74 Å². The molecule has 0 unspecified atom stereocenters. The lowest BCUT2D eigenvalue weighted by atomic mass is 9.78. The predicted molar refractivity (Wildman–Crippen MR) is 93.9 cm³/mol. The van der Waals surface area contributed by atoms with E-state index in [-0.39, 0.29) is 18.6 Å². The van der Waals surface area contributed by atoms with Gasteiger partial charge in [0.2, 0.25) is 0 Å². The Bertz CT molecular complexity index is 777. The molecule has 1 aliphatic carbocycles. The molecule has 1 aromatic carbocycles. The highest BCUT2D eigenvalue weighted by molar-refractivity contribution is 5.94. The minimum atomic E-state index is -0.534. The molecule has 6 heteroatoms. The maximum atomic E-state index is 12.2. The topological polar surface area (TPSA) is 81.2 Å². The van der Waals surface area contributed by atoms with E-state index in [2.05, 4.69) is 29.1 Å². The minimum Gasteiger partial charge on any atom is -0.452 e. The van der Waals surface area contributed by atoms with E-state index in [1.165, 1.54) is 6.42 Å². The lowest BCUT2D eigenvalue weighted by Gasteiger charge is -2.34. The van der Waals surface area contributed by atoms with E-state index in [1.807, 2.05) is 0 Å². The normalized spacial score (nSPS) is 23.2. The monoisotopic (exact) mass is 341 g/mol. The number of carbonyl (C=O) groups is 2. The summed E-state index contributed by atoms with van der Waals surface area (Å²) in [6.45, 7) is 4.11. The van der Waals surface area contributed by atoms with Gasteiger partial charge >= 0.3 is 5.97 Å². The van der Waals surface area contributed by atoms with Gasteiger partial charge in [-0.05, 0) is 36.5 Å². The third-order valence-corrected chi connectivity index (χ3v) is 5.09. The number of benzene rings is 1. The summed E-state index contributed by atoms with van der Waals surface area (Å²) in [4.78, 5) is 32.6. The van der Waals surface area contributed by atoms with Crippen molar-refractivity contribution in [3.63, 3.8) is 0 Å². The van der Waals surface area contributed by atoms with E-state index >= 15 is 0 Å². The summed E-state index contributed by atoms with van der Waals surface area (Å²) in [6.07, 6.45) is 6.46. The molecule has 0 aliphatic heterocycles. The van der Waals surface area contributed by atoms with E-state index in [9.17, 15) is 9.59 Å². The van der Waals surface area contributed by atoms with Gasteiger partial charge in [0.1, 0.15) is 0 Å². The van der Waals surface area contributed by atoms with Crippen molar-refractivity contribution >= 4 is 22.9 Å². The Hall–Kier alpha value is -2.50. The zero-order chi connectivity index (χ0) is 17.8. The molecule has 1 fully saturated rings. The number of nitrogens with one attached hydrogen (secondary N) is 1. The Labute approximate surface area is 147 Å². The fourth-order valence-corrected chi connectivity index (χ4v) is 3.34. The molecule has 1 N–H and O–H groups in total.